The van der Waals surface area contributed by atoms with Gasteiger partial charge in [-0.2, -0.15) is 0 Å². The number of ether oxygens (including phenoxy) is 1. The van der Waals surface area contributed by atoms with E-state index in [1.165, 1.54) is 0 Å². The molecule has 1 unspecified atom stereocenters. The van der Waals surface area contributed by atoms with E-state index < -0.39 is 0 Å². The molecule has 0 amide bonds. The van der Waals surface area contributed by atoms with Gasteiger partial charge in [-0.05, 0) is 34.5 Å². The van der Waals surface area contributed by atoms with Crippen molar-refractivity contribution in [3.8, 4) is 11.5 Å². The van der Waals surface area contributed by atoms with Gasteiger partial charge in [0.25, 0.3) is 0 Å². The number of hydrogen-bond donors (Lipinski definition) is 3. The van der Waals surface area contributed by atoms with E-state index >= 15 is 0 Å². The van der Waals surface area contributed by atoms with Gasteiger partial charge in [-0.1, -0.05) is 0 Å². The van der Waals surface area contributed by atoms with Crippen molar-refractivity contribution in [3.05, 3.63) is 21.7 Å². The molecule has 3 N–H and O–H groups in total. The SMILES string of the molecule is Cc1cc(C2CNCCO2)c(O)c(Br)c1O. The summed E-state index contributed by atoms with van der Waals surface area (Å²) in [5.74, 6) is 0.127. The highest BCUT2D eigenvalue weighted by Crippen LogP contribution is 2.41. The average Bonchev–Trinajstić information content (AvgIpc) is 2.32. The maximum Gasteiger partial charge on any atom is 0.139 e. The van der Waals surface area contributed by atoms with Crippen molar-refractivity contribution in [1.82, 2.24) is 5.32 Å². The maximum absolute atomic E-state index is 9.94. The number of benzene rings is 1. The van der Waals surface area contributed by atoms with E-state index in [9.17, 15) is 10.2 Å². The van der Waals surface area contributed by atoms with E-state index in [-0.39, 0.29) is 17.6 Å². The van der Waals surface area contributed by atoms with Crippen molar-refractivity contribution >= 4 is 15.9 Å². The first-order valence-electron chi connectivity index (χ1n) is 5.14. The van der Waals surface area contributed by atoms with Gasteiger partial charge in [-0.15, -0.1) is 0 Å². The van der Waals surface area contributed by atoms with Crippen LogP contribution in [0.1, 0.15) is 17.2 Å². The van der Waals surface area contributed by atoms with E-state index in [4.69, 9.17) is 4.74 Å². The number of halogens is 1. The van der Waals surface area contributed by atoms with Crippen LogP contribution in [0.3, 0.4) is 0 Å². The third kappa shape index (κ3) is 2.03. The van der Waals surface area contributed by atoms with Gasteiger partial charge in [0.15, 0.2) is 0 Å². The van der Waals surface area contributed by atoms with Gasteiger partial charge < -0.3 is 20.3 Å². The fourth-order valence-corrected chi connectivity index (χ4v) is 2.33. The summed E-state index contributed by atoms with van der Waals surface area (Å²) in [6.45, 7) is 3.92. The van der Waals surface area contributed by atoms with Crippen LogP contribution in [0, 0.1) is 6.92 Å². The monoisotopic (exact) mass is 287 g/mol. The lowest BCUT2D eigenvalue weighted by molar-refractivity contribution is 0.0262. The number of morpholine rings is 1. The molecule has 1 heterocycles. The van der Waals surface area contributed by atoms with Gasteiger partial charge in [-0.3, -0.25) is 0 Å². The van der Waals surface area contributed by atoms with Gasteiger partial charge in [0.2, 0.25) is 0 Å². The van der Waals surface area contributed by atoms with Crippen molar-refractivity contribution < 1.29 is 14.9 Å². The summed E-state index contributed by atoms with van der Waals surface area (Å²) in [5, 5.41) is 22.8. The first-order valence-corrected chi connectivity index (χ1v) is 5.93. The molecule has 0 aromatic heterocycles. The Morgan fingerprint density at radius 1 is 1.44 bits per heavy atom. The van der Waals surface area contributed by atoms with Gasteiger partial charge in [0, 0.05) is 18.7 Å². The minimum atomic E-state index is -0.163. The van der Waals surface area contributed by atoms with Crippen LogP contribution in [0.5, 0.6) is 11.5 Å². The van der Waals surface area contributed by atoms with E-state index in [0.29, 0.717) is 28.8 Å². The normalized spacial score (nSPS) is 21.0. The minimum Gasteiger partial charge on any atom is -0.506 e. The van der Waals surface area contributed by atoms with Crippen LogP contribution in [0.15, 0.2) is 10.5 Å². The van der Waals surface area contributed by atoms with Gasteiger partial charge >= 0.3 is 0 Å². The van der Waals surface area contributed by atoms with Crippen molar-refractivity contribution in [1.29, 1.82) is 0 Å². The lowest BCUT2D eigenvalue weighted by Crippen LogP contribution is -2.33. The second-order valence-corrected chi connectivity index (χ2v) is 4.65. The molecule has 1 aromatic rings. The van der Waals surface area contributed by atoms with Crippen LogP contribution in [-0.4, -0.2) is 29.9 Å². The Labute approximate surface area is 102 Å². The number of phenols is 2. The molecule has 0 spiro atoms. The summed E-state index contributed by atoms with van der Waals surface area (Å²) in [5.41, 5.74) is 1.42. The van der Waals surface area contributed by atoms with Crippen LogP contribution in [0.25, 0.3) is 0 Å². The minimum absolute atomic E-state index is 0.0526. The largest absolute Gasteiger partial charge is 0.506 e. The van der Waals surface area contributed by atoms with Crippen molar-refractivity contribution in [2.24, 2.45) is 0 Å². The fraction of sp³-hybridized carbons (Fsp3) is 0.455. The van der Waals surface area contributed by atoms with E-state index in [1.807, 2.05) is 0 Å². The van der Waals surface area contributed by atoms with Gasteiger partial charge in [-0.25, -0.2) is 0 Å². The van der Waals surface area contributed by atoms with Crippen molar-refractivity contribution in [2.75, 3.05) is 19.7 Å². The number of rotatable bonds is 1. The zero-order valence-corrected chi connectivity index (χ0v) is 10.5. The highest BCUT2D eigenvalue weighted by molar-refractivity contribution is 9.10. The molecular weight excluding hydrogens is 274 g/mol. The Bertz CT molecular complexity index is 403. The Balaban J connectivity index is 2.40. The topological polar surface area (TPSA) is 61.7 Å². The molecule has 0 radical (unpaired) electrons. The van der Waals surface area contributed by atoms with Crippen LogP contribution < -0.4 is 5.32 Å². The quantitative estimate of drug-likeness (QED) is 0.738. The van der Waals surface area contributed by atoms with E-state index in [2.05, 4.69) is 21.2 Å². The smallest absolute Gasteiger partial charge is 0.139 e. The second kappa shape index (κ2) is 4.61. The summed E-state index contributed by atoms with van der Waals surface area (Å²) in [6, 6.07) is 1.76. The standard InChI is InChI=1S/C11H14BrNO3/c1-6-4-7(8-5-13-2-3-16-8)11(15)9(12)10(6)14/h4,8,13-15H,2-3,5H2,1H3. The van der Waals surface area contributed by atoms with Crippen molar-refractivity contribution in [3.63, 3.8) is 0 Å². The molecule has 0 bridgehead atoms. The van der Waals surface area contributed by atoms with E-state index in [0.717, 1.165) is 6.54 Å². The van der Waals surface area contributed by atoms with Crippen molar-refractivity contribution in [2.45, 2.75) is 13.0 Å². The molecule has 0 aliphatic carbocycles. The van der Waals surface area contributed by atoms with Gasteiger partial charge in [0.05, 0.1) is 12.7 Å². The zero-order valence-electron chi connectivity index (χ0n) is 8.96. The molecule has 1 aromatic carbocycles. The summed E-state index contributed by atoms with van der Waals surface area (Å²) in [6.07, 6.45) is -0.163. The molecule has 4 nitrogen and oxygen atoms in total. The van der Waals surface area contributed by atoms with Crippen LogP contribution in [0.2, 0.25) is 0 Å². The third-order valence-corrected chi connectivity index (χ3v) is 3.46. The molecule has 1 aliphatic rings. The second-order valence-electron chi connectivity index (χ2n) is 3.86. The lowest BCUT2D eigenvalue weighted by atomic mass is 10.0. The summed E-state index contributed by atoms with van der Waals surface area (Å²) < 4.78 is 5.90. The first kappa shape index (κ1) is 11.7. The van der Waals surface area contributed by atoms with Crippen LogP contribution in [-0.2, 0) is 4.74 Å². The molecule has 0 saturated carbocycles. The summed E-state index contributed by atoms with van der Waals surface area (Å²) in [4.78, 5) is 0. The van der Waals surface area contributed by atoms with Crippen LogP contribution >= 0.6 is 15.9 Å². The molecule has 88 valence electrons. The Morgan fingerprint density at radius 3 is 2.81 bits per heavy atom. The molecule has 1 aliphatic heterocycles. The Morgan fingerprint density at radius 2 is 2.19 bits per heavy atom. The van der Waals surface area contributed by atoms with Crippen LogP contribution in [0.4, 0.5) is 0 Å². The molecule has 1 atom stereocenters. The molecule has 1 saturated heterocycles. The fourth-order valence-electron chi connectivity index (χ4n) is 1.79. The average molecular weight is 288 g/mol. The summed E-state index contributed by atoms with van der Waals surface area (Å²) >= 11 is 3.17. The molecule has 16 heavy (non-hydrogen) atoms. The first-order chi connectivity index (χ1) is 7.61. The maximum atomic E-state index is 9.94. The number of aromatic hydroxyl groups is 2. The molecule has 5 heteroatoms. The highest BCUT2D eigenvalue weighted by Gasteiger charge is 2.22. The predicted octanol–water partition coefficient (Wildman–Crippen LogP) is 1.83. The number of phenolic OH excluding ortho intramolecular Hbond substituents is 2. The number of nitrogens with one attached hydrogen (secondary N) is 1. The molecule has 2 rings (SSSR count). The summed E-state index contributed by atoms with van der Waals surface area (Å²) in [7, 11) is 0. The zero-order chi connectivity index (χ0) is 11.7. The third-order valence-electron chi connectivity index (χ3n) is 2.71. The Hall–Kier alpha value is -0.780. The Kier molecular flexibility index (Phi) is 3.37. The molecular formula is C11H14BrNO3. The van der Waals surface area contributed by atoms with Gasteiger partial charge in [0.1, 0.15) is 16.0 Å². The number of hydrogen-bond acceptors (Lipinski definition) is 4. The van der Waals surface area contributed by atoms with E-state index in [1.54, 1.807) is 13.0 Å². The molecule has 1 fully saturated rings. The number of aryl methyl sites for hydroxylation is 1. The lowest BCUT2D eigenvalue weighted by Gasteiger charge is -2.25. The predicted molar refractivity (Wildman–Crippen MR) is 63.8 cm³/mol. The highest BCUT2D eigenvalue weighted by atomic mass is 79.9.